The molecular formula is C28H22N2+. The predicted molar refractivity (Wildman–Crippen MR) is 128 cm³/mol. The second-order valence-corrected chi connectivity index (χ2v) is 7.75. The summed E-state index contributed by atoms with van der Waals surface area (Å²) in [6.07, 6.45) is 4.28. The van der Waals surface area contributed by atoms with Crippen LogP contribution in [0, 0.1) is 6.54 Å². The lowest BCUT2D eigenvalue weighted by Crippen LogP contribution is -2.03. The average Bonchev–Trinajstić information content (AvgIpc) is 3.30. The number of fused-ring (bicyclic) bond motifs is 6. The van der Waals surface area contributed by atoms with Gasteiger partial charge in [0.2, 0.25) is 11.4 Å². The predicted octanol–water partition coefficient (Wildman–Crippen LogP) is 7.17. The highest BCUT2D eigenvalue weighted by Gasteiger charge is 2.30. The van der Waals surface area contributed by atoms with Crippen LogP contribution >= 0.6 is 0 Å². The van der Waals surface area contributed by atoms with Gasteiger partial charge in [-0.25, -0.2) is 0 Å². The molecule has 0 spiro atoms. The van der Waals surface area contributed by atoms with E-state index in [-0.39, 0.29) is 0 Å². The molecule has 0 bridgehead atoms. The number of hydrogen-bond donors (Lipinski definition) is 0. The first-order valence-corrected chi connectivity index (χ1v) is 10.5. The molecule has 5 aromatic rings. The van der Waals surface area contributed by atoms with Crippen LogP contribution in [0.2, 0.25) is 0 Å². The first kappa shape index (κ1) is 17.2. The van der Waals surface area contributed by atoms with Crippen molar-refractivity contribution >= 4 is 39.4 Å². The maximum atomic E-state index is 2.35. The summed E-state index contributed by atoms with van der Waals surface area (Å²) < 4.78 is 4.70. The summed E-state index contributed by atoms with van der Waals surface area (Å²) in [6.45, 7) is 2.33. The molecule has 1 aliphatic rings. The second-order valence-electron chi connectivity index (χ2n) is 7.75. The lowest BCUT2D eigenvalue weighted by atomic mass is 10.1. The van der Waals surface area contributed by atoms with E-state index in [9.17, 15) is 0 Å². The third kappa shape index (κ3) is 2.61. The van der Waals surface area contributed by atoms with Gasteiger partial charge < -0.3 is 4.57 Å². The summed E-state index contributed by atoms with van der Waals surface area (Å²) in [5.74, 6) is 0. The molecular weight excluding hydrogens is 364 g/mol. The van der Waals surface area contributed by atoms with Gasteiger partial charge in [-0.05, 0) is 30.7 Å². The first-order valence-electron chi connectivity index (χ1n) is 10.5. The zero-order valence-corrected chi connectivity index (χ0v) is 16.7. The fraction of sp³-hybridized carbons (Fsp3) is 0.0714. The molecule has 30 heavy (non-hydrogen) atoms. The van der Waals surface area contributed by atoms with Crippen molar-refractivity contribution in [3.8, 4) is 11.1 Å². The molecule has 1 radical (unpaired) electrons. The van der Waals surface area contributed by atoms with Crippen molar-refractivity contribution in [1.29, 1.82) is 0 Å². The SMILES string of the molecule is [CH](CCC=[N+]1c2ccccc2-c2ccccc21)n1c2ccccc2c2ccccc21. The van der Waals surface area contributed by atoms with Crippen molar-refractivity contribution in [3.05, 3.63) is 104 Å². The third-order valence-corrected chi connectivity index (χ3v) is 6.02. The van der Waals surface area contributed by atoms with Crippen LogP contribution in [0.3, 0.4) is 0 Å². The monoisotopic (exact) mass is 386 g/mol. The Hall–Kier alpha value is -3.65. The Kier molecular flexibility index (Phi) is 4.02. The molecule has 2 heterocycles. The van der Waals surface area contributed by atoms with E-state index in [2.05, 4.69) is 119 Å². The van der Waals surface area contributed by atoms with Gasteiger partial charge in [-0.3, -0.25) is 0 Å². The van der Waals surface area contributed by atoms with E-state index in [0.717, 1.165) is 12.8 Å². The van der Waals surface area contributed by atoms with Gasteiger partial charge in [0, 0.05) is 40.4 Å². The normalized spacial score (nSPS) is 12.3. The van der Waals surface area contributed by atoms with Gasteiger partial charge in [0.1, 0.15) is 0 Å². The summed E-state index contributed by atoms with van der Waals surface area (Å²) in [6, 6.07) is 34.7. The smallest absolute Gasteiger partial charge is 0.218 e. The van der Waals surface area contributed by atoms with E-state index in [4.69, 9.17) is 0 Å². The van der Waals surface area contributed by atoms with Crippen LogP contribution in [0.4, 0.5) is 11.4 Å². The lowest BCUT2D eigenvalue weighted by Gasteiger charge is -2.05. The number of benzene rings is 4. The molecule has 1 aliphatic heterocycles. The van der Waals surface area contributed by atoms with Crippen molar-refractivity contribution < 1.29 is 0 Å². The molecule has 143 valence electrons. The maximum Gasteiger partial charge on any atom is 0.218 e. The van der Waals surface area contributed by atoms with Crippen LogP contribution < -0.4 is 4.58 Å². The maximum absolute atomic E-state index is 2.35. The Morgan fingerprint density at radius 1 is 0.567 bits per heavy atom. The van der Waals surface area contributed by atoms with Crippen molar-refractivity contribution in [1.82, 2.24) is 9.14 Å². The molecule has 2 heteroatoms. The average molecular weight is 386 g/mol. The van der Waals surface area contributed by atoms with Gasteiger partial charge in [-0.15, -0.1) is 0 Å². The summed E-state index contributed by atoms with van der Waals surface area (Å²) >= 11 is 0. The number of hydrogen-bond acceptors (Lipinski definition) is 0. The van der Waals surface area contributed by atoms with Gasteiger partial charge in [0.25, 0.3) is 0 Å². The Balaban J connectivity index is 1.31. The topological polar surface area (TPSA) is 7.94 Å². The van der Waals surface area contributed by atoms with E-state index in [1.165, 1.54) is 44.3 Å². The minimum atomic E-state index is 0.976. The van der Waals surface area contributed by atoms with Crippen LogP contribution in [0.25, 0.3) is 32.9 Å². The Morgan fingerprint density at radius 2 is 1.07 bits per heavy atom. The summed E-state index contributed by atoms with van der Waals surface area (Å²) in [4.78, 5) is 0. The molecule has 0 atom stereocenters. The van der Waals surface area contributed by atoms with Crippen LogP contribution in [-0.2, 0) is 0 Å². The number of para-hydroxylation sites is 4. The fourth-order valence-corrected chi connectivity index (χ4v) is 4.71. The van der Waals surface area contributed by atoms with E-state index in [1.807, 2.05) is 0 Å². The van der Waals surface area contributed by atoms with Gasteiger partial charge in [0.15, 0.2) is 6.21 Å². The van der Waals surface area contributed by atoms with Crippen LogP contribution in [0.1, 0.15) is 12.8 Å². The minimum Gasteiger partial charge on any atom is -0.335 e. The van der Waals surface area contributed by atoms with Gasteiger partial charge >= 0.3 is 0 Å². The van der Waals surface area contributed by atoms with Crippen molar-refractivity contribution in [2.24, 2.45) is 0 Å². The Morgan fingerprint density at radius 3 is 1.67 bits per heavy atom. The van der Waals surface area contributed by atoms with Crippen LogP contribution in [-0.4, -0.2) is 10.8 Å². The molecule has 1 aromatic heterocycles. The first-order chi connectivity index (χ1) is 14.9. The van der Waals surface area contributed by atoms with Gasteiger partial charge in [0.05, 0.1) is 17.7 Å². The summed E-state index contributed by atoms with van der Waals surface area (Å²) in [7, 11) is 0. The van der Waals surface area contributed by atoms with Crippen LogP contribution in [0.15, 0.2) is 97.1 Å². The zero-order chi connectivity index (χ0) is 19.9. The molecule has 0 saturated carbocycles. The lowest BCUT2D eigenvalue weighted by molar-refractivity contribution is 0.891. The van der Waals surface area contributed by atoms with E-state index in [0.29, 0.717) is 0 Å². The quantitative estimate of drug-likeness (QED) is 0.224. The number of unbranched alkanes of at least 4 members (excludes halogenated alkanes) is 1. The van der Waals surface area contributed by atoms with Crippen molar-refractivity contribution in [3.63, 3.8) is 0 Å². The molecule has 0 amide bonds. The number of aromatic nitrogens is 1. The highest BCUT2D eigenvalue weighted by Crippen LogP contribution is 2.44. The molecule has 0 fully saturated rings. The highest BCUT2D eigenvalue weighted by atomic mass is 15.0. The summed E-state index contributed by atoms with van der Waals surface area (Å²) in [5, 5.41) is 2.63. The largest absolute Gasteiger partial charge is 0.335 e. The minimum absolute atomic E-state index is 0.976. The molecule has 4 aromatic carbocycles. The van der Waals surface area contributed by atoms with Gasteiger partial charge in [-0.1, -0.05) is 60.7 Å². The van der Waals surface area contributed by atoms with Crippen LogP contribution in [0.5, 0.6) is 0 Å². The summed E-state index contributed by atoms with van der Waals surface area (Å²) in [5.41, 5.74) is 7.73. The fourth-order valence-electron chi connectivity index (χ4n) is 4.71. The number of rotatable bonds is 4. The van der Waals surface area contributed by atoms with Crippen molar-refractivity contribution in [2.75, 3.05) is 0 Å². The zero-order valence-electron chi connectivity index (χ0n) is 16.7. The molecule has 0 aliphatic carbocycles. The highest BCUT2D eigenvalue weighted by molar-refractivity contribution is 6.08. The Bertz CT molecular complexity index is 1320. The molecule has 0 N–H and O–H groups in total. The van der Waals surface area contributed by atoms with E-state index in [1.54, 1.807) is 0 Å². The molecule has 0 saturated heterocycles. The molecule has 6 rings (SSSR count). The van der Waals surface area contributed by atoms with E-state index < -0.39 is 0 Å². The number of nitrogens with zero attached hydrogens (tertiary/aromatic N) is 2. The Labute approximate surface area is 176 Å². The molecule has 0 unspecified atom stereocenters. The molecule has 2 nitrogen and oxygen atoms in total. The van der Waals surface area contributed by atoms with E-state index >= 15 is 0 Å². The standard InChI is InChI=1S/C28H22N2/c1-5-15-25-21(11-1)22-12-2-6-16-26(22)29(25)19-9-10-20-30-27-17-7-3-13-23(27)24-14-4-8-18-28(24)30/h1-8,11-20H,9-10H2/q+1. The second kappa shape index (κ2) is 7.00. The van der Waals surface area contributed by atoms with Gasteiger partial charge in [-0.2, -0.15) is 4.58 Å². The van der Waals surface area contributed by atoms with Crippen molar-refractivity contribution in [2.45, 2.75) is 12.8 Å². The third-order valence-electron chi connectivity index (χ3n) is 6.02.